The number of amides is 1. The number of rotatable bonds is 3. The highest BCUT2D eigenvalue weighted by Crippen LogP contribution is 2.26. The summed E-state index contributed by atoms with van der Waals surface area (Å²) in [4.78, 5) is 11.9. The van der Waals surface area contributed by atoms with Crippen LogP contribution < -0.4 is 11.1 Å². The Bertz CT molecular complexity index is 297. The lowest BCUT2D eigenvalue weighted by Crippen LogP contribution is -2.48. The molecule has 1 amide bonds. The molecular formula is C12H22N2O3. The minimum atomic E-state index is -0.906. The lowest BCUT2D eigenvalue weighted by atomic mass is 9.96. The topological polar surface area (TPSA) is 84.6 Å². The Morgan fingerprint density at radius 3 is 2.88 bits per heavy atom. The number of carbonyl (C=O) groups is 1. The first-order chi connectivity index (χ1) is 8.01. The van der Waals surface area contributed by atoms with Gasteiger partial charge in [-0.1, -0.05) is 0 Å². The molecule has 0 aromatic heterocycles. The average molecular weight is 242 g/mol. The molecule has 1 aliphatic heterocycles. The smallest absolute Gasteiger partial charge is 0.223 e. The van der Waals surface area contributed by atoms with Crippen LogP contribution in [0, 0.1) is 5.92 Å². The maximum absolute atomic E-state index is 11.9. The Balaban J connectivity index is 1.80. The molecular weight excluding hydrogens is 220 g/mol. The van der Waals surface area contributed by atoms with E-state index in [2.05, 4.69) is 5.32 Å². The van der Waals surface area contributed by atoms with E-state index in [1.165, 1.54) is 0 Å². The summed E-state index contributed by atoms with van der Waals surface area (Å²) in [6, 6.07) is 0.155. The number of hydrogen-bond acceptors (Lipinski definition) is 4. The molecule has 1 saturated heterocycles. The van der Waals surface area contributed by atoms with Crippen molar-refractivity contribution in [3.8, 4) is 0 Å². The highest BCUT2D eigenvalue weighted by molar-refractivity contribution is 5.79. The average Bonchev–Trinajstić information content (AvgIpc) is 2.84. The van der Waals surface area contributed by atoms with Crippen LogP contribution in [0.3, 0.4) is 0 Å². The minimum Gasteiger partial charge on any atom is -0.385 e. The van der Waals surface area contributed by atoms with Crippen molar-refractivity contribution in [2.24, 2.45) is 11.7 Å². The quantitative estimate of drug-likeness (QED) is 0.638. The molecule has 0 aromatic carbocycles. The van der Waals surface area contributed by atoms with E-state index in [9.17, 15) is 9.90 Å². The standard InChI is InChI=1S/C12H22N2O3/c1-8-12(16,4-5-17-8)7-14-11(15)9-2-3-10(13)6-9/h8-10,16H,2-7,13H2,1H3,(H,14,15). The van der Waals surface area contributed by atoms with Gasteiger partial charge in [0, 0.05) is 31.5 Å². The number of hydrogen-bond donors (Lipinski definition) is 3. The molecule has 1 heterocycles. The van der Waals surface area contributed by atoms with Gasteiger partial charge in [-0.2, -0.15) is 0 Å². The second-order valence-electron chi connectivity index (χ2n) is 5.35. The minimum absolute atomic E-state index is 0.0190. The Hall–Kier alpha value is -0.650. The van der Waals surface area contributed by atoms with Gasteiger partial charge in [-0.25, -0.2) is 0 Å². The Labute approximate surface area is 102 Å². The summed E-state index contributed by atoms with van der Waals surface area (Å²) in [6.07, 6.45) is 2.91. The van der Waals surface area contributed by atoms with Gasteiger partial charge in [-0.05, 0) is 26.2 Å². The molecule has 5 nitrogen and oxygen atoms in total. The Morgan fingerprint density at radius 1 is 1.59 bits per heavy atom. The van der Waals surface area contributed by atoms with Crippen molar-refractivity contribution in [3.63, 3.8) is 0 Å². The molecule has 2 aliphatic rings. The summed E-state index contributed by atoms with van der Waals surface area (Å²) in [7, 11) is 0. The highest BCUT2D eigenvalue weighted by Gasteiger charge is 2.40. The molecule has 0 spiro atoms. The van der Waals surface area contributed by atoms with Crippen LogP contribution >= 0.6 is 0 Å². The van der Waals surface area contributed by atoms with Gasteiger partial charge in [0.1, 0.15) is 5.60 Å². The molecule has 1 aliphatic carbocycles. The lowest BCUT2D eigenvalue weighted by Gasteiger charge is -2.26. The predicted octanol–water partition coefficient (Wildman–Crippen LogP) is -0.230. The van der Waals surface area contributed by atoms with Gasteiger partial charge in [-0.3, -0.25) is 4.79 Å². The summed E-state index contributed by atoms with van der Waals surface area (Å²) in [6.45, 7) is 2.67. The fourth-order valence-electron chi connectivity index (χ4n) is 2.64. The zero-order chi connectivity index (χ0) is 12.5. The van der Waals surface area contributed by atoms with Crippen LogP contribution in [-0.2, 0) is 9.53 Å². The van der Waals surface area contributed by atoms with Gasteiger partial charge < -0.3 is 20.9 Å². The summed E-state index contributed by atoms with van der Waals surface area (Å²) in [5, 5.41) is 13.1. The second kappa shape index (κ2) is 4.92. The van der Waals surface area contributed by atoms with Crippen molar-refractivity contribution in [2.45, 2.75) is 50.4 Å². The fourth-order valence-corrected chi connectivity index (χ4v) is 2.64. The molecule has 98 valence electrons. The van der Waals surface area contributed by atoms with Crippen LogP contribution in [0.15, 0.2) is 0 Å². The van der Waals surface area contributed by atoms with Crippen molar-refractivity contribution in [1.82, 2.24) is 5.32 Å². The van der Waals surface area contributed by atoms with E-state index in [1.807, 2.05) is 6.92 Å². The van der Waals surface area contributed by atoms with Crippen LogP contribution in [-0.4, -0.2) is 41.9 Å². The van der Waals surface area contributed by atoms with Crippen molar-refractivity contribution in [2.75, 3.05) is 13.2 Å². The van der Waals surface area contributed by atoms with Crippen LogP contribution in [0.2, 0.25) is 0 Å². The van der Waals surface area contributed by atoms with E-state index in [0.717, 1.165) is 19.3 Å². The predicted molar refractivity (Wildman–Crippen MR) is 63.3 cm³/mol. The number of aliphatic hydroxyl groups is 1. The first-order valence-electron chi connectivity index (χ1n) is 6.38. The monoisotopic (exact) mass is 242 g/mol. The first-order valence-corrected chi connectivity index (χ1v) is 6.38. The Morgan fingerprint density at radius 2 is 2.35 bits per heavy atom. The number of carbonyl (C=O) groups excluding carboxylic acids is 1. The van der Waals surface area contributed by atoms with Gasteiger partial charge in [-0.15, -0.1) is 0 Å². The molecule has 4 atom stereocenters. The maximum atomic E-state index is 11.9. The van der Waals surface area contributed by atoms with Crippen LogP contribution in [0.5, 0.6) is 0 Å². The van der Waals surface area contributed by atoms with E-state index >= 15 is 0 Å². The van der Waals surface area contributed by atoms with E-state index in [0.29, 0.717) is 13.0 Å². The zero-order valence-electron chi connectivity index (χ0n) is 10.3. The largest absolute Gasteiger partial charge is 0.385 e. The number of ether oxygens (including phenoxy) is 1. The lowest BCUT2D eigenvalue weighted by molar-refractivity contribution is -0.126. The van der Waals surface area contributed by atoms with Crippen LogP contribution in [0.1, 0.15) is 32.6 Å². The number of nitrogens with one attached hydrogen (secondary N) is 1. The fraction of sp³-hybridized carbons (Fsp3) is 0.917. The van der Waals surface area contributed by atoms with E-state index in [-0.39, 0.29) is 30.5 Å². The SMILES string of the molecule is CC1OCCC1(O)CNC(=O)C1CCC(N)C1. The van der Waals surface area contributed by atoms with Crippen molar-refractivity contribution in [3.05, 3.63) is 0 Å². The van der Waals surface area contributed by atoms with Crippen molar-refractivity contribution >= 4 is 5.91 Å². The third-order valence-electron chi connectivity index (χ3n) is 4.07. The summed E-state index contributed by atoms with van der Waals surface area (Å²) in [5.74, 6) is 0.0386. The first kappa shape index (κ1) is 12.8. The molecule has 4 N–H and O–H groups in total. The number of nitrogens with two attached hydrogens (primary N) is 1. The molecule has 2 rings (SSSR count). The molecule has 4 unspecified atom stereocenters. The molecule has 2 fully saturated rings. The maximum Gasteiger partial charge on any atom is 0.223 e. The van der Waals surface area contributed by atoms with Crippen LogP contribution in [0.4, 0.5) is 0 Å². The van der Waals surface area contributed by atoms with Gasteiger partial charge >= 0.3 is 0 Å². The summed E-state index contributed by atoms with van der Waals surface area (Å²) >= 11 is 0. The van der Waals surface area contributed by atoms with E-state index < -0.39 is 5.60 Å². The molecule has 17 heavy (non-hydrogen) atoms. The third kappa shape index (κ3) is 2.78. The van der Waals surface area contributed by atoms with Crippen LogP contribution in [0.25, 0.3) is 0 Å². The second-order valence-corrected chi connectivity index (χ2v) is 5.35. The summed E-state index contributed by atoms with van der Waals surface area (Å²) in [5.41, 5.74) is 4.87. The van der Waals surface area contributed by atoms with Gasteiger partial charge in [0.2, 0.25) is 5.91 Å². The Kier molecular flexibility index (Phi) is 3.70. The van der Waals surface area contributed by atoms with E-state index in [4.69, 9.17) is 10.5 Å². The normalized spacial score (nSPS) is 41.7. The molecule has 5 heteroatoms. The van der Waals surface area contributed by atoms with Crippen molar-refractivity contribution < 1.29 is 14.6 Å². The molecule has 0 aromatic rings. The van der Waals surface area contributed by atoms with Crippen molar-refractivity contribution in [1.29, 1.82) is 0 Å². The highest BCUT2D eigenvalue weighted by atomic mass is 16.5. The molecule has 0 bridgehead atoms. The molecule has 1 saturated carbocycles. The molecule has 0 radical (unpaired) electrons. The van der Waals surface area contributed by atoms with E-state index in [1.54, 1.807) is 0 Å². The zero-order valence-corrected chi connectivity index (χ0v) is 10.3. The third-order valence-corrected chi connectivity index (χ3v) is 4.07. The van der Waals surface area contributed by atoms with Gasteiger partial charge in [0.25, 0.3) is 0 Å². The van der Waals surface area contributed by atoms with Gasteiger partial charge in [0.15, 0.2) is 0 Å². The summed E-state index contributed by atoms with van der Waals surface area (Å²) < 4.78 is 5.32. The van der Waals surface area contributed by atoms with Gasteiger partial charge in [0.05, 0.1) is 6.10 Å².